The molecule has 0 bridgehead atoms. The molecule has 1 aromatic rings. The summed E-state index contributed by atoms with van der Waals surface area (Å²) in [6.07, 6.45) is 6.82. The minimum Gasteiger partial charge on any atom is -0.313 e. The first-order chi connectivity index (χ1) is 8.25. The van der Waals surface area contributed by atoms with E-state index in [0.717, 1.165) is 24.6 Å². The summed E-state index contributed by atoms with van der Waals surface area (Å²) in [5.74, 6) is 0.635. The van der Waals surface area contributed by atoms with Crippen molar-refractivity contribution in [1.82, 2.24) is 5.32 Å². The highest BCUT2D eigenvalue weighted by molar-refractivity contribution is 6.31. The summed E-state index contributed by atoms with van der Waals surface area (Å²) >= 11 is 5.96. The molecule has 1 fully saturated rings. The summed E-state index contributed by atoms with van der Waals surface area (Å²) in [4.78, 5) is 0. The van der Waals surface area contributed by atoms with Crippen LogP contribution in [0.25, 0.3) is 0 Å². The molecule has 1 aliphatic carbocycles. The monoisotopic (exact) mass is 255 g/mol. The molecule has 2 rings (SSSR count). The van der Waals surface area contributed by atoms with E-state index < -0.39 is 0 Å². The van der Waals surface area contributed by atoms with Crippen LogP contribution in [0.4, 0.5) is 4.39 Å². The van der Waals surface area contributed by atoms with Crippen molar-refractivity contribution in [1.29, 1.82) is 0 Å². The van der Waals surface area contributed by atoms with Gasteiger partial charge < -0.3 is 5.32 Å². The maximum atomic E-state index is 12.8. The Kier molecular flexibility index (Phi) is 4.81. The number of halogens is 2. The van der Waals surface area contributed by atoms with Crippen LogP contribution >= 0.6 is 11.6 Å². The van der Waals surface area contributed by atoms with Gasteiger partial charge in [-0.2, -0.15) is 0 Å². The lowest BCUT2D eigenvalue weighted by Gasteiger charge is -2.10. The maximum absolute atomic E-state index is 12.8. The van der Waals surface area contributed by atoms with Crippen LogP contribution in [0.15, 0.2) is 18.2 Å². The van der Waals surface area contributed by atoms with Crippen LogP contribution in [0.2, 0.25) is 5.02 Å². The average molecular weight is 256 g/mol. The third-order valence-electron chi connectivity index (χ3n) is 3.53. The Hall–Kier alpha value is -0.600. The van der Waals surface area contributed by atoms with Crippen LogP contribution in [0.5, 0.6) is 0 Å². The van der Waals surface area contributed by atoms with Crippen molar-refractivity contribution >= 4 is 11.6 Å². The quantitative estimate of drug-likeness (QED) is 0.780. The van der Waals surface area contributed by atoms with Crippen molar-refractivity contribution in [2.75, 3.05) is 6.54 Å². The van der Waals surface area contributed by atoms with Crippen molar-refractivity contribution in [2.24, 2.45) is 5.92 Å². The summed E-state index contributed by atoms with van der Waals surface area (Å²) in [6.45, 7) is 1.75. The molecule has 1 saturated carbocycles. The van der Waals surface area contributed by atoms with Gasteiger partial charge in [-0.15, -0.1) is 0 Å². The average Bonchev–Trinajstić information content (AvgIpc) is 2.79. The van der Waals surface area contributed by atoms with Crippen LogP contribution < -0.4 is 5.32 Å². The van der Waals surface area contributed by atoms with Gasteiger partial charge in [-0.3, -0.25) is 0 Å². The van der Waals surface area contributed by atoms with E-state index in [2.05, 4.69) is 5.32 Å². The second-order valence-corrected chi connectivity index (χ2v) is 5.26. The third kappa shape index (κ3) is 3.97. The predicted molar refractivity (Wildman–Crippen MR) is 69.7 cm³/mol. The Morgan fingerprint density at radius 1 is 1.29 bits per heavy atom. The van der Waals surface area contributed by atoms with Gasteiger partial charge in [0, 0.05) is 11.6 Å². The second-order valence-electron chi connectivity index (χ2n) is 4.85. The van der Waals surface area contributed by atoms with E-state index >= 15 is 0 Å². The van der Waals surface area contributed by atoms with Gasteiger partial charge in [0.1, 0.15) is 5.82 Å². The van der Waals surface area contributed by atoms with E-state index in [0.29, 0.717) is 5.02 Å². The van der Waals surface area contributed by atoms with Gasteiger partial charge >= 0.3 is 0 Å². The molecule has 1 aromatic carbocycles. The van der Waals surface area contributed by atoms with E-state index in [1.165, 1.54) is 44.2 Å². The van der Waals surface area contributed by atoms with E-state index in [1.54, 1.807) is 6.07 Å². The fourth-order valence-electron chi connectivity index (χ4n) is 2.49. The molecule has 0 saturated heterocycles. The van der Waals surface area contributed by atoms with E-state index in [-0.39, 0.29) is 5.82 Å². The van der Waals surface area contributed by atoms with E-state index in [1.807, 2.05) is 0 Å². The summed E-state index contributed by atoms with van der Waals surface area (Å²) in [5.41, 5.74) is 0.972. The number of benzene rings is 1. The second kappa shape index (κ2) is 6.36. The lowest BCUT2D eigenvalue weighted by molar-refractivity contribution is 0.477. The van der Waals surface area contributed by atoms with Crippen LogP contribution in [0.1, 0.15) is 37.7 Å². The van der Waals surface area contributed by atoms with Gasteiger partial charge in [-0.25, -0.2) is 4.39 Å². The first-order valence-electron chi connectivity index (χ1n) is 6.40. The minimum absolute atomic E-state index is 0.273. The van der Waals surface area contributed by atoms with Crippen LogP contribution in [0.3, 0.4) is 0 Å². The van der Waals surface area contributed by atoms with Crippen molar-refractivity contribution in [3.63, 3.8) is 0 Å². The summed E-state index contributed by atoms with van der Waals surface area (Å²) in [5, 5.41) is 3.89. The summed E-state index contributed by atoms with van der Waals surface area (Å²) < 4.78 is 12.8. The van der Waals surface area contributed by atoms with Crippen LogP contribution in [0, 0.1) is 11.7 Å². The number of rotatable bonds is 5. The zero-order valence-electron chi connectivity index (χ0n) is 10.0. The van der Waals surface area contributed by atoms with Crippen molar-refractivity contribution in [3.05, 3.63) is 34.6 Å². The third-order valence-corrected chi connectivity index (χ3v) is 3.89. The van der Waals surface area contributed by atoms with Gasteiger partial charge in [0.05, 0.1) is 0 Å². The number of hydrogen-bond donors (Lipinski definition) is 1. The highest BCUT2D eigenvalue weighted by Gasteiger charge is 2.13. The zero-order chi connectivity index (χ0) is 12.1. The molecule has 0 heterocycles. The molecule has 17 heavy (non-hydrogen) atoms. The van der Waals surface area contributed by atoms with Crippen LogP contribution in [-0.4, -0.2) is 6.54 Å². The molecule has 0 atom stereocenters. The fraction of sp³-hybridized carbons (Fsp3) is 0.571. The molecular formula is C14H19ClFN. The molecule has 1 aliphatic rings. The molecule has 1 N–H and O–H groups in total. The number of hydrogen-bond acceptors (Lipinski definition) is 1. The Morgan fingerprint density at radius 2 is 2.06 bits per heavy atom. The molecule has 0 aromatic heterocycles. The van der Waals surface area contributed by atoms with Gasteiger partial charge in [-0.05, 0) is 36.6 Å². The topological polar surface area (TPSA) is 12.0 Å². The highest BCUT2D eigenvalue weighted by Crippen LogP contribution is 2.27. The molecule has 1 nitrogen and oxygen atoms in total. The Bertz CT molecular complexity index is 361. The largest absolute Gasteiger partial charge is 0.313 e. The fourth-order valence-corrected chi connectivity index (χ4v) is 2.73. The first kappa shape index (κ1) is 12.8. The van der Waals surface area contributed by atoms with Crippen molar-refractivity contribution < 1.29 is 4.39 Å². The normalized spacial score (nSPS) is 16.6. The Morgan fingerprint density at radius 3 is 2.76 bits per heavy atom. The smallest absolute Gasteiger partial charge is 0.124 e. The molecule has 94 valence electrons. The molecule has 0 spiro atoms. The van der Waals surface area contributed by atoms with Gasteiger partial charge in [-0.1, -0.05) is 43.4 Å². The minimum atomic E-state index is -0.273. The molecule has 0 aliphatic heterocycles. The molecule has 3 heteroatoms. The highest BCUT2D eigenvalue weighted by atomic mass is 35.5. The summed E-state index contributed by atoms with van der Waals surface area (Å²) in [7, 11) is 0. The van der Waals surface area contributed by atoms with Crippen LogP contribution in [-0.2, 0) is 6.54 Å². The van der Waals surface area contributed by atoms with Crippen molar-refractivity contribution in [2.45, 2.75) is 38.6 Å². The predicted octanol–water partition coefficient (Wildman–Crippen LogP) is 4.15. The standard InChI is InChI=1S/C14H19ClFN/c15-14-9-13(16)6-5-12(14)10-17-8-7-11-3-1-2-4-11/h5-6,9,11,17H,1-4,7-8,10H2. The zero-order valence-corrected chi connectivity index (χ0v) is 10.8. The Balaban J connectivity index is 1.70. The number of nitrogens with one attached hydrogen (secondary N) is 1. The molecule has 0 unspecified atom stereocenters. The van der Waals surface area contributed by atoms with E-state index in [9.17, 15) is 4.39 Å². The molecule has 0 radical (unpaired) electrons. The first-order valence-corrected chi connectivity index (χ1v) is 6.78. The van der Waals surface area contributed by atoms with Gasteiger partial charge in [0.25, 0.3) is 0 Å². The van der Waals surface area contributed by atoms with Gasteiger partial charge in [0.15, 0.2) is 0 Å². The molecule has 0 amide bonds. The van der Waals surface area contributed by atoms with Gasteiger partial charge in [0.2, 0.25) is 0 Å². The maximum Gasteiger partial charge on any atom is 0.124 e. The lowest BCUT2D eigenvalue weighted by atomic mass is 10.0. The van der Waals surface area contributed by atoms with E-state index in [4.69, 9.17) is 11.6 Å². The van der Waals surface area contributed by atoms with Crippen molar-refractivity contribution in [3.8, 4) is 0 Å². The molecular weight excluding hydrogens is 237 g/mol. The lowest BCUT2D eigenvalue weighted by Crippen LogP contribution is -2.17. The summed E-state index contributed by atoms with van der Waals surface area (Å²) in [6, 6.07) is 4.58. The Labute approximate surface area is 107 Å². The SMILES string of the molecule is Fc1ccc(CNCCC2CCCC2)c(Cl)c1.